The van der Waals surface area contributed by atoms with Crippen molar-refractivity contribution < 1.29 is 9.16 Å². The maximum absolute atomic E-state index is 6.87. The third-order valence-corrected chi connectivity index (χ3v) is 9.78. The standard InChI is InChI=1S/C22H26N2O2Si/c1-22(2,3)27(19-11-7-5-8-12-19,20-13-9-6-10-14-20)26-16-18-15-23-17-24-21(18)25-4/h5-15,17H,16H2,1-4H3. The zero-order valence-electron chi connectivity index (χ0n) is 16.3. The molecule has 0 aliphatic rings. The van der Waals surface area contributed by atoms with Gasteiger partial charge in [-0.15, -0.1) is 0 Å². The summed E-state index contributed by atoms with van der Waals surface area (Å²) in [5.41, 5.74) is 0.855. The second-order valence-corrected chi connectivity index (χ2v) is 11.8. The lowest BCUT2D eigenvalue weighted by molar-refractivity contribution is 0.275. The van der Waals surface area contributed by atoms with Gasteiger partial charge in [-0.1, -0.05) is 81.4 Å². The molecular formula is C22H26N2O2Si. The van der Waals surface area contributed by atoms with Gasteiger partial charge in [0.1, 0.15) is 6.33 Å². The quantitative estimate of drug-likeness (QED) is 0.615. The smallest absolute Gasteiger partial charge is 0.261 e. The van der Waals surface area contributed by atoms with Crippen LogP contribution in [0.15, 0.2) is 73.2 Å². The van der Waals surface area contributed by atoms with Crippen molar-refractivity contribution in [1.82, 2.24) is 9.97 Å². The molecule has 2 aromatic carbocycles. The Bertz CT molecular complexity index is 825. The zero-order valence-corrected chi connectivity index (χ0v) is 17.3. The summed E-state index contributed by atoms with van der Waals surface area (Å²) in [6.07, 6.45) is 3.26. The number of hydrogen-bond acceptors (Lipinski definition) is 4. The molecule has 0 aliphatic carbocycles. The molecule has 0 atom stereocenters. The first-order valence-corrected chi connectivity index (χ1v) is 11.0. The Labute approximate surface area is 162 Å². The maximum Gasteiger partial charge on any atom is 0.261 e. The van der Waals surface area contributed by atoms with Gasteiger partial charge in [0, 0.05) is 6.20 Å². The third-order valence-electron chi connectivity index (χ3n) is 4.80. The molecule has 0 radical (unpaired) electrons. The second kappa shape index (κ2) is 8.02. The van der Waals surface area contributed by atoms with E-state index in [1.165, 1.54) is 16.7 Å². The second-order valence-electron chi connectivity index (χ2n) is 7.51. The van der Waals surface area contributed by atoms with E-state index in [9.17, 15) is 0 Å². The van der Waals surface area contributed by atoms with Gasteiger partial charge >= 0.3 is 0 Å². The lowest BCUT2D eigenvalue weighted by Gasteiger charge is -2.43. The summed E-state index contributed by atoms with van der Waals surface area (Å²) < 4.78 is 12.3. The highest BCUT2D eigenvalue weighted by atomic mass is 28.4. The van der Waals surface area contributed by atoms with Crippen LogP contribution >= 0.6 is 0 Å². The van der Waals surface area contributed by atoms with Crippen molar-refractivity contribution in [3.05, 3.63) is 78.8 Å². The Hall–Kier alpha value is -2.50. The fourth-order valence-corrected chi connectivity index (χ4v) is 8.11. The van der Waals surface area contributed by atoms with Crippen molar-refractivity contribution in [2.45, 2.75) is 32.4 Å². The highest BCUT2D eigenvalue weighted by Gasteiger charge is 2.50. The van der Waals surface area contributed by atoms with E-state index in [0.717, 1.165) is 5.56 Å². The van der Waals surface area contributed by atoms with E-state index in [1.54, 1.807) is 13.3 Å². The van der Waals surface area contributed by atoms with E-state index in [-0.39, 0.29) is 5.04 Å². The van der Waals surface area contributed by atoms with Gasteiger partial charge in [-0.05, 0) is 15.4 Å². The normalized spacial score (nSPS) is 12.0. The van der Waals surface area contributed by atoms with Crippen molar-refractivity contribution in [3.63, 3.8) is 0 Å². The minimum absolute atomic E-state index is 0.0709. The monoisotopic (exact) mass is 378 g/mol. The van der Waals surface area contributed by atoms with Gasteiger partial charge in [-0.3, -0.25) is 0 Å². The van der Waals surface area contributed by atoms with E-state index in [1.807, 2.05) is 12.1 Å². The molecule has 4 nitrogen and oxygen atoms in total. The molecule has 3 aromatic rings. The van der Waals surface area contributed by atoms with E-state index in [2.05, 4.69) is 79.3 Å². The lowest BCUT2D eigenvalue weighted by Crippen LogP contribution is -2.66. The number of aromatic nitrogens is 2. The number of benzene rings is 2. The molecule has 5 heteroatoms. The Kier molecular flexibility index (Phi) is 5.73. The van der Waals surface area contributed by atoms with Crippen LogP contribution in [0, 0.1) is 0 Å². The Morgan fingerprint density at radius 3 is 1.93 bits per heavy atom. The Morgan fingerprint density at radius 2 is 1.44 bits per heavy atom. The van der Waals surface area contributed by atoms with Crippen LogP contribution in [0.1, 0.15) is 26.3 Å². The minimum atomic E-state index is -2.58. The van der Waals surface area contributed by atoms with Gasteiger partial charge in [0.05, 0.1) is 19.3 Å². The number of hydrogen-bond donors (Lipinski definition) is 0. The SMILES string of the molecule is COc1ncncc1CO[Si](c1ccccc1)(c1ccccc1)C(C)(C)C. The largest absolute Gasteiger partial charge is 0.481 e. The molecule has 0 saturated heterocycles. The molecule has 1 aromatic heterocycles. The van der Waals surface area contributed by atoms with E-state index >= 15 is 0 Å². The molecule has 0 N–H and O–H groups in total. The molecule has 0 saturated carbocycles. The van der Waals surface area contributed by atoms with Crippen LogP contribution in [0.4, 0.5) is 0 Å². The van der Waals surface area contributed by atoms with E-state index in [0.29, 0.717) is 12.5 Å². The summed E-state index contributed by atoms with van der Waals surface area (Å²) in [6, 6.07) is 21.2. The molecule has 140 valence electrons. The van der Waals surface area contributed by atoms with Crippen LogP contribution in [-0.2, 0) is 11.0 Å². The van der Waals surface area contributed by atoms with E-state index < -0.39 is 8.32 Å². The van der Waals surface area contributed by atoms with Gasteiger partial charge in [0.15, 0.2) is 0 Å². The molecule has 0 spiro atoms. The van der Waals surface area contributed by atoms with Crippen LogP contribution in [0.3, 0.4) is 0 Å². The zero-order chi connectivity index (χ0) is 19.3. The first kappa shape index (κ1) is 19.3. The topological polar surface area (TPSA) is 44.2 Å². The summed E-state index contributed by atoms with van der Waals surface area (Å²) in [7, 11) is -0.959. The third kappa shape index (κ3) is 3.79. The fourth-order valence-electron chi connectivity index (χ4n) is 3.58. The highest BCUT2D eigenvalue weighted by molar-refractivity contribution is 6.99. The van der Waals surface area contributed by atoms with Crippen molar-refractivity contribution in [2.24, 2.45) is 0 Å². The summed E-state index contributed by atoms with van der Waals surface area (Å²) in [6.45, 7) is 7.19. The number of methoxy groups -OCH3 is 1. The Balaban J connectivity index is 2.12. The van der Waals surface area contributed by atoms with Crippen LogP contribution in [0.5, 0.6) is 5.88 Å². The van der Waals surface area contributed by atoms with Crippen LogP contribution in [0.25, 0.3) is 0 Å². The lowest BCUT2D eigenvalue weighted by atomic mass is 10.2. The summed E-state index contributed by atoms with van der Waals surface area (Å²) in [5, 5.41) is 2.43. The predicted octanol–water partition coefficient (Wildman–Crippen LogP) is 3.56. The molecule has 0 bridgehead atoms. The first-order chi connectivity index (χ1) is 13.0. The number of rotatable bonds is 6. The van der Waals surface area contributed by atoms with Crippen molar-refractivity contribution >= 4 is 18.7 Å². The molecule has 27 heavy (non-hydrogen) atoms. The maximum atomic E-state index is 6.87. The van der Waals surface area contributed by atoms with Crippen molar-refractivity contribution in [3.8, 4) is 5.88 Å². The minimum Gasteiger partial charge on any atom is -0.481 e. The van der Waals surface area contributed by atoms with Gasteiger partial charge in [0.25, 0.3) is 8.32 Å². The molecule has 0 aliphatic heterocycles. The van der Waals surface area contributed by atoms with Crippen LogP contribution < -0.4 is 15.1 Å². The summed E-state index contributed by atoms with van der Waals surface area (Å²) >= 11 is 0. The predicted molar refractivity (Wildman–Crippen MR) is 111 cm³/mol. The summed E-state index contributed by atoms with van der Waals surface area (Å²) in [5.74, 6) is 0.558. The first-order valence-electron chi connectivity index (χ1n) is 9.07. The summed E-state index contributed by atoms with van der Waals surface area (Å²) in [4.78, 5) is 8.35. The van der Waals surface area contributed by atoms with Crippen LogP contribution in [-0.4, -0.2) is 25.4 Å². The number of nitrogens with zero attached hydrogens (tertiary/aromatic N) is 2. The van der Waals surface area contributed by atoms with Crippen LogP contribution in [0.2, 0.25) is 5.04 Å². The Morgan fingerprint density at radius 1 is 0.889 bits per heavy atom. The molecular weight excluding hydrogens is 352 g/mol. The van der Waals surface area contributed by atoms with Crippen molar-refractivity contribution in [1.29, 1.82) is 0 Å². The highest BCUT2D eigenvalue weighted by Crippen LogP contribution is 2.37. The molecule has 3 rings (SSSR count). The van der Waals surface area contributed by atoms with Gasteiger partial charge < -0.3 is 9.16 Å². The van der Waals surface area contributed by atoms with Gasteiger partial charge in [0.2, 0.25) is 5.88 Å². The fraction of sp³-hybridized carbons (Fsp3) is 0.273. The molecule has 0 unspecified atom stereocenters. The van der Waals surface area contributed by atoms with Gasteiger partial charge in [-0.2, -0.15) is 0 Å². The average molecular weight is 379 g/mol. The molecule has 1 heterocycles. The van der Waals surface area contributed by atoms with E-state index in [4.69, 9.17) is 9.16 Å². The molecule has 0 amide bonds. The number of ether oxygens (including phenoxy) is 1. The molecule has 0 fully saturated rings. The van der Waals surface area contributed by atoms with Crippen molar-refractivity contribution in [2.75, 3.05) is 7.11 Å². The van der Waals surface area contributed by atoms with Gasteiger partial charge in [-0.25, -0.2) is 9.97 Å². The average Bonchev–Trinajstić information content (AvgIpc) is 2.69.